The fourth-order valence-electron chi connectivity index (χ4n) is 2.25. The monoisotopic (exact) mass is 419 g/mol. The molecule has 10 heteroatoms. The third-order valence-electron chi connectivity index (χ3n) is 3.43. The zero-order chi connectivity index (χ0) is 19.5. The number of benzene rings is 2. The molecular formula is C16H15Cl2NO6S. The molecule has 0 aliphatic carbocycles. The van der Waals surface area contributed by atoms with Crippen molar-refractivity contribution < 1.29 is 27.8 Å². The number of nitrogens with zero attached hydrogens (tertiary/aromatic N) is 1. The predicted octanol–water partition coefficient (Wildman–Crippen LogP) is 3.29. The van der Waals surface area contributed by atoms with E-state index in [0.717, 1.165) is 0 Å². The summed E-state index contributed by atoms with van der Waals surface area (Å²) in [6.07, 6.45) is 0. The van der Waals surface area contributed by atoms with Gasteiger partial charge in [-0.1, -0.05) is 35.3 Å². The number of carbonyl (C=O) groups is 1. The molecule has 140 valence electrons. The first-order valence-corrected chi connectivity index (χ1v) is 9.33. The standard InChI is InChI=1S/C16H15Cl2NO6S/c1-24-11-6-4-3-5-10(11)19(9-14(20)21)26(22,23)13-8-7-12(25-2)15(17)16(13)18/h3-8H,9H2,1-2H3,(H,20,21). The largest absolute Gasteiger partial charge is 0.495 e. The van der Waals surface area contributed by atoms with Crippen LogP contribution in [0.4, 0.5) is 5.69 Å². The summed E-state index contributed by atoms with van der Waals surface area (Å²) in [4.78, 5) is 10.9. The van der Waals surface area contributed by atoms with Gasteiger partial charge in [0, 0.05) is 0 Å². The van der Waals surface area contributed by atoms with E-state index >= 15 is 0 Å². The Hall–Kier alpha value is -2.16. The van der Waals surface area contributed by atoms with Crippen LogP contribution < -0.4 is 13.8 Å². The maximum Gasteiger partial charge on any atom is 0.324 e. The first kappa shape index (κ1) is 20.2. The number of sulfonamides is 1. The summed E-state index contributed by atoms with van der Waals surface area (Å²) in [5.74, 6) is -0.971. The number of ether oxygens (including phenoxy) is 2. The van der Waals surface area contributed by atoms with Gasteiger partial charge in [-0.15, -0.1) is 0 Å². The highest BCUT2D eigenvalue weighted by molar-refractivity contribution is 7.93. The fraction of sp³-hybridized carbons (Fsp3) is 0.188. The minimum atomic E-state index is -4.36. The number of hydrogen-bond donors (Lipinski definition) is 1. The maximum absolute atomic E-state index is 13.1. The highest BCUT2D eigenvalue weighted by atomic mass is 35.5. The van der Waals surface area contributed by atoms with Gasteiger partial charge in [0.15, 0.2) is 0 Å². The van der Waals surface area contributed by atoms with Crippen molar-refractivity contribution >= 4 is 44.9 Å². The lowest BCUT2D eigenvalue weighted by Gasteiger charge is -2.25. The molecule has 0 heterocycles. The van der Waals surface area contributed by atoms with E-state index in [4.69, 9.17) is 32.7 Å². The van der Waals surface area contributed by atoms with Crippen molar-refractivity contribution in [2.24, 2.45) is 0 Å². The van der Waals surface area contributed by atoms with Crippen molar-refractivity contribution in [3.05, 3.63) is 46.4 Å². The number of methoxy groups -OCH3 is 2. The fourth-order valence-corrected chi connectivity index (χ4v) is 4.49. The molecule has 0 saturated carbocycles. The van der Waals surface area contributed by atoms with E-state index in [0.29, 0.717) is 4.31 Å². The molecule has 2 aromatic carbocycles. The zero-order valence-electron chi connectivity index (χ0n) is 13.8. The molecule has 0 fully saturated rings. The molecular weight excluding hydrogens is 405 g/mol. The first-order valence-electron chi connectivity index (χ1n) is 7.13. The van der Waals surface area contributed by atoms with Gasteiger partial charge in [0.05, 0.1) is 24.9 Å². The first-order chi connectivity index (χ1) is 12.2. The second kappa shape index (κ2) is 8.03. The molecule has 2 rings (SSSR count). The summed E-state index contributed by atoms with van der Waals surface area (Å²) < 4.78 is 37.1. The van der Waals surface area contributed by atoms with Crippen molar-refractivity contribution in [1.29, 1.82) is 0 Å². The summed E-state index contributed by atoms with van der Waals surface area (Å²) in [5.41, 5.74) is 0.0559. The highest BCUT2D eigenvalue weighted by Crippen LogP contribution is 2.39. The number of rotatable bonds is 7. The maximum atomic E-state index is 13.1. The van der Waals surface area contributed by atoms with Gasteiger partial charge >= 0.3 is 5.97 Å². The van der Waals surface area contributed by atoms with Crippen LogP contribution in [0.25, 0.3) is 0 Å². The minimum Gasteiger partial charge on any atom is -0.495 e. The molecule has 2 aromatic rings. The van der Waals surface area contributed by atoms with Gasteiger partial charge < -0.3 is 14.6 Å². The zero-order valence-corrected chi connectivity index (χ0v) is 16.1. The lowest BCUT2D eigenvalue weighted by molar-refractivity contribution is -0.135. The van der Waals surface area contributed by atoms with Crippen LogP contribution in [0.15, 0.2) is 41.3 Å². The molecule has 26 heavy (non-hydrogen) atoms. The van der Waals surface area contributed by atoms with Crippen LogP contribution in [0, 0.1) is 0 Å². The van der Waals surface area contributed by atoms with E-state index in [1.165, 1.54) is 38.5 Å². The summed E-state index contributed by atoms with van der Waals surface area (Å²) in [5, 5.41) is 8.84. The van der Waals surface area contributed by atoms with Crippen LogP contribution in [0.5, 0.6) is 11.5 Å². The Bertz CT molecular complexity index is 932. The SMILES string of the molecule is COc1ccccc1N(CC(=O)O)S(=O)(=O)c1ccc(OC)c(Cl)c1Cl. The van der Waals surface area contributed by atoms with Gasteiger partial charge in [-0.05, 0) is 24.3 Å². The van der Waals surface area contributed by atoms with Crippen LogP contribution in [0.2, 0.25) is 10.0 Å². The minimum absolute atomic E-state index is 0.0559. The Kier molecular flexibility index (Phi) is 6.22. The van der Waals surface area contributed by atoms with Crippen molar-refractivity contribution in [3.8, 4) is 11.5 Å². The molecule has 0 unspecified atom stereocenters. The molecule has 0 bridgehead atoms. The molecule has 0 radical (unpaired) electrons. The number of carboxylic acids is 1. The van der Waals surface area contributed by atoms with E-state index in [2.05, 4.69) is 0 Å². The normalized spacial score (nSPS) is 11.1. The van der Waals surface area contributed by atoms with E-state index in [-0.39, 0.29) is 32.1 Å². The van der Waals surface area contributed by atoms with Gasteiger partial charge in [-0.3, -0.25) is 9.10 Å². The van der Waals surface area contributed by atoms with Gasteiger partial charge in [0.1, 0.15) is 28.0 Å². The Morgan fingerprint density at radius 1 is 1.04 bits per heavy atom. The average Bonchev–Trinajstić information content (AvgIpc) is 2.61. The number of anilines is 1. The van der Waals surface area contributed by atoms with Gasteiger partial charge in [0.25, 0.3) is 10.0 Å². The Labute approximate surface area is 160 Å². The van der Waals surface area contributed by atoms with Crippen LogP contribution >= 0.6 is 23.2 Å². The molecule has 0 aliphatic heterocycles. The Morgan fingerprint density at radius 2 is 1.65 bits per heavy atom. The third kappa shape index (κ3) is 3.82. The van der Waals surface area contributed by atoms with E-state index in [1.54, 1.807) is 12.1 Å². The molecule has 1 N–H and O–H groups in total. The Balaban J connectivity index is 2.68. The second-order valence-electron chi connectivity index (χ2n) is 4.97. The van der Waals surface area contributed by atoms with E-state index in [9.17, 15) is 18.3 Å². The van der Waals surface area contributed by atoms with Crippen molar-refractivity contribution in [2.75, 3.05) is 25.1 Å². The van der Waals surface area contributed by atoms with Crippen LogP contribution in [0.3, 0.4) is 0 Å². The summed E-state index contributed by atoms with van der Waals surface area (Å²) in [7, 11) is -1.65. The molecule has 0 aliphatic rings. The number of halogens is 2. The lowest BCUT2D eigenvalue weighted by atomic mass is 10.3. The molecule has 0 aromatic heterocycles. The summed E-state index contributed by atoms with van der Waals surface area (Å²) in [6.45, 7) is -0.831. The average molecular weight is 420 g/mol. The molecule has 0 atom stereocenters. The number of aliphatic carboxylic acids is 1. The molecule has 0 saturated heterocycles. The van der Waals surface area contributed by atoms with Crippen LogP contribution in [-0.4, -0.2) is 40.3 Å². The quantitative estimate of drug-likeness (QED) is 0.739. The number of carboxylic acid groups (broad SMARTS) is 1. The highest BCUT2D eigenvalue weighted by Gasteiger charge is 2.32. The van der Waals surface area contributed by atoms with Gasteiger partial charge in [-0.2, -0.15) is 0 Å². The smallest absolute Gasteiger partial charge is 0.324 e. The summed E-state index contributed by atoms with van der Waals surface area (Å²) >= 11 is 12.1. The second-order valence-corrected chi connectivity index (χ2v) is 7.56. The van der Waals surface area contributed by atoms with E-state index < -0.39 is 22.5 Å². The third-order valence-corrected chi connectivity index (χ3v) is 6.21. The molecule has 7 nitrogen and oxygen atoms in total. The van der Waals surface area contributed by atoms with Gasteiger partial charge in [-0.25, -0.2) is 8.42 Å². The van der Waals surface area contributed by atoms with Gasteiger partial charge in [0.2, 0.25) is 0 Å². The van der Waals surface area contributed by atoms with Crippen molar-refractivity contribution in [2.45, 2.75) is 4.90 Å². The van der Waals surface area contributed by atoms with E-state index in [1.807, 2.05) is 0 Å². The molecule has 0 spiro atoms. The van der Waals surface area contributed by atoms with Crippen molar-refractivity contribution in [3.63, 3.8) is 0 Å². The number of para-hydroxylation sites is 2. The lowest BCUT2D eigenvalue weighted by Crippen LogP contribution is -2.36. The predicted molar refractivity (Wildman–Crippen MR) is 98.2 cm³/mol. The Morgan fingerprint density at radius 3 is 2.23 bits per heavy atom. The van der Waals surface area contributed by atoms with Crippen LogP contribution in [-0.2, 0) is 14.8 Å². The number of hydrogen-bond acceptors (Lipinski definition) is 5. The van der Waals surface area contributed by atoms with Crippen molar-refractivity contribution in [1.82, 2.24) is 0 Å². The molecule has 0 amide bonds. The topological polar surface area (TPSA) is 93.1 Å². The summed E-state index contributed by atoms with van der Waals surface area (Å²) in [6, 6.07) is 8.67. The van der Waals surface area contributed by atoms with Crippen LogP contribution in [0.1, 0.15) is 0 Å².